The quantitative estimate of drug-likeness (QED) is 0.790. The highest BCUT2D eigenvalue weighted by Gasteiger charge is 2.25. The van der Waals surface area contributed by atoms with E-state index in [-0.39, 0.29) is 17.4 Å². The minimum Gasteiger partial charge on any atom is -0.337 e. The van der Waals surface area contributed by atoms with Gasteiger partial charge in [0.2, 0.25) is 11.9 Å². The summed E-state index contributed by atoms with van der Waals surface area (Å²) in [6.45, 7) is 10.2. The van der Waals surface area contributed by atoms with Gasteiger partial charge in [-0.2, -0.15) is 0 Å². The van der Waals surface area contributed by atoms with Crippen LogP contribution in [0.5, 0.6) is 0 Å². The van der Waals surface area contributed by atoms with Gasteiger partial charge >= 0.3 is 6.03 Å². The molecule has 1 fully saturated rings. The van der Waals surface area contributed by atoms with Crippen LogP contribution in [0.1, 0.15) is 33.4 Å². The number of thiazole rings is 1. The van der Waals surface area contributed by atoms with E-state index in [1.165, 1.54) is 11.3 Å². The Morgan fingerprint density at radius 3 is 2.38 bits per heavy atom. The molecule has 1 aliphatic heterocycles. The standard InChI is InChI=1S/C19H27N7O2S/c1-13(15(27)24-17-23-14(12-29-17)19(2,3)4)22-18(28)26-10-8-25(9-11-26)16-20-6-5-7-21-16/h5-7,12-13H,8-11H2,1-4H3,(H,22,28)(H,23,24,27). The minimum absolute atomic E-state index is 0.0771. The van der Waals surface area contributed by atoms with Crippen molar-refractivity contribution in [1.29, 1.82) is 0 Å². The van der Waals surface area contributed by atoms with Crippen LogP contribution < -0.4 is 15.5 Å². The van der Waals surface area contributed by atoms with E-state index in [0.717, 1.165) is 5.69 Å². The molecule has 1 unspecified atom stereocenters. The lowest BCUT2D eigenvalue weighted by Crippen LogP contribution is -2.55. The molecule has 3 amide bonds. The number of rotatable bonds is 4. The van der Waals surface area contributed by atoms with Crippen LogP contribution in [0.4, 0.5) is 15.9 Å². The zero-order valence-corrected chi connectivity index (χ0v) is 18.0. The first-order valence-electron chi connectivity index (χ1n) is 9.58. The molecule has 2 N–H and O–H groups in total. The average Bonchev–Trinajstić information content (AvgIpc) is 3.17. The molecule has 3 heterocycles. The summed E-state index contributed by atoms with van der Waals surface area (Å²) in [7, 11) is 0. The lowest BCUT2D eigenvalue weighted by molar-refractivity contribution is -0.117. The van der Waals surface area contributed by atoms with E-state index in [2.05, 4.69) is 46.4 Å². The Labute approximate surface area is 174 Å². The third kappa shape index (κ3) is 5.41. The summed E-state index contributed by atoms with van der Waals surface area (Å²) >= 11 is 1.38. The molecule has 0 radical (unpaired) electrons. The molecule has 0 bridgehead atoms. The Morgan fingerprint density at radius 2 is 1.79 bits per heavy atom. The van der Waals surface area contributed by atoms with Crippen LogP contribution in [-0.4, -0.2) is 64.0 Å². The smallest absolute Gasteiger partial charge is 0.318 e. The lowest BCUT2D eigenvalue weighted by Gasteiger charge is -2.35. The van der Waals surface area contributed by atoms with Gasteiger partial charge in [-0.15, -0.1) is 11.3 Å². The van der Waals surface area contributed by atoms with Crippen molar-refractivity contribution in [1.82, 2.24) is 25.2 Å². The zero-order valence-electron chi connectivity index (χ0n) is 17.2. The minimum atomic E-state index is -0.667. The lowest BCUT2D eigenvalue weighted by atomic mass is 9.93. The topological polar surface area (TPSA) is 103 Å². The molecule has 0 aromatic carbocycles. The number of anilines is 2. The maximum atomic E-state index is 12.5. The van der Waals surface area contributed by atoms with Crippen molar-refractivity contribution >= 4 is 34.4 Å². The molecular weight excluding hydrogens is 390 g/mol. The van der Waals surface area contributed by atoms with Gasteiger partial charge in [0.15, 0.2) is 5.13 Å². The van der Waals surface area contributed by atoms with E-state index >= 15 is 0 Å². The van der Waals surface area contributed by atoms with Gasteiger partial charge in [-0.3, -0.25) is 4.79 Å². The van der Waals surface area contributed by atoms with Crippen LogP contribution >= 0.6 is 11.3 Å². The predicted octanol–water partition coefficient (Wildman–Crippen LogP) is 2.09. The van der Waals surface area contributed by atoms with E-state index < -0.39 is 6.04 Å². The predicted molar refractivity (Wildman–Crippen MR) is 113 cm³/mol. The van der Waals surface area contributed by atoms with Crippen molar-refractivity contribution in [2.75, 3.05) is 36.4 Å². The molecule has 0 aliphatic carbocycles. The van der Waals surface area contributed by atoms with Gasteiger partial charge in [-0.1, -0.05) is 20.8 Å². The van der Waals surface area contributed by atoms with Crippen molar-refractivity contribution in [3.8, 4) is 0 Å². The largest absolute Gasteiger partial charge is 0.337 e. The Hall–Kier alpha value is -2.75. The second-order valence-electron chi connectivity index (χ2n) is 7.97. The number of aromatic nitrogens is 3. The van der Waals surface area contributed by atoms with Crippen molar-refractivity contribution in [2.45, 2.75) is 39.2 Å². The fourth-order valence-corrected chi connectivity index (χ4v) is 3.74. The number of piperazine rings is 1. The number of hydrogen-bond donors (Lipinski definition) is 2. The highest BCUT2D eigenvalue weighted by molar-refractivity contribution is 7.14. The van der Waals surface area contributed by atoms with Gasteiger partial charge in [-0.25, -0.2) is 19.7 Å². The van der Waals surface area contributed by atoms with Crippen LogP contribution in [0, 0.1) is 0 Å². The maximum Gasteiger partial charge on any atom is 0.318 e. The Morgan fingerprint density at radius 1 is 1.14 bits per heavy atom. The third-order valence-electron chi connectivity index (χ3n) is 4.64. The molecule has 156 valence electrons. The summed E-state index contributed by atoms with van der Waals surface area (Å²) in [6.07, 6.45) is 3.41. The number of nitrogens with one attached hydrogen (secondary N) is 2. The second kappa shape index (κ2) is 8.73. The van der Waals surface area contributed by atoms with Crippen molar-refractivity contribution in [3.63, 3.8) is 0 Å². The van der Waals surface area contributed by atoms with E-state index in [1.807, 2.05) is 10.3 Å². The van der Waals surface area contributed by atoms with Crippen molar-refractivity contribution in [3.05, 3.63) is 29.5 Å². The summed E-state index contributed by atoms with van der Waals surface area (Å²) in [4.78, 5) is 41.6. The second-order valence-corrected chi connectivity index (χ2v) is 8.83. The number of urea groups is 1. The summed E-state index contributed by atoms with van der Waals surface area (Å²) < 4.78 is 0. The fourth-order valence-electron chi connectivity index (χ4n) is 2.80. The van der Waals surface area contributed by atoms with Crippen molar-refractivity contribution < 1.29 is 9.59 Å². The highest BCUT2D eigenvalue weighted by atomic mass is 32.1. The first-order valence-corrected chi connectivity index (χ1v) is 10.5. The summed E-state index contributed by atoms with van der Waals surface area (Å²) in [5, 5.41) is 8.02. The molecule has 1 saturated heterocycles. The third-order valence-corrected chi connectivity index (χ3v) is 5.40. The highest BCUT2D eigenvalue weighted by Crippen LogP contribution is 2.26. The number of carbonyl (C=O) groups excluding carboxylic acids is 2. The molecular formula is C19H27N7O2S. The van der Waals surface area contributed by atoms with E-state index in [0.29, 0.717) is 37.3 Å². The molecule has 2 aromatic rings. The van der Waals surface area contributed by atoms with Crippen LogP contribution in [-0.2, 0) is 10.2 Å². The SMILES string of the molecule is CC(NC(=O)N1CCN(c2ncccn2)CC1)C(=O)Nc1nc(C(C)(C)C)cs1. The normalized spacial score (nSPS) is 15.7. The van der Waals surface area contributed by atoms with Gasteiger partial charge in [0, 0.05) is 49.4 Å². The number of nitrogens with zero attached hydrogens (tertiary/aromatic N) is 5. The molecule has 10 heteroatoms. The summed E-state index contributed by atoms with van der Waals surface area (Å²) in [5.41, 5.74) is 0.849. The van der Waals surface area contributed by atoms with Gasteiger partial charge in [0.1, 0.15) is 6.04 Å². The number of carbonyl (C=O) groups is 2. The molecule has 9 nitrogen and oxygen atoms in total. The first kappa shape index (κ1) is 21.0. The molecule has 1 aliphatic rings. The van der Waals surface area contributed by atoms with Crippen LogP contribution in [0.25, 0.3) is 0 Å². The number of amides is 3. The molecule has 29 heavy (non-hydrogen) atoms. The zero-order chi connectivity index (χ0) is 21.0. The van der Waals surface area contributed by atoms with Gasteiger partial charge in [-0.05, 0) is 13.0 Å². The Kier molecular flexibility index (Phi) is 6.31. The van der Waals surface area contributed by atoms with Crippen LogP contribution in [0.3, 0.4) is 0 Å². The first-order chi connectivity index (χ1) is 13.7. The van der Waals surface area contributed by atoms with Crippen molar-refractivity contribution in [2.24, 2.45) is 0 Å². The van der Waals surface area contributed by atoms with Gasteiger partial charge < -0.3 is 20.4 Å². The maximum absolute atomic E-state index is 12.5. The number of hydrogen-bond acceptors (Lipinski definition) is 7. The monoisotopic (exact) mass is 417 g/mol. The van der Waals surface area contributed by atoms with Crippen LogP contribution in [0.15, 0.2) is 23.8 Å². The Bertz CT molecular complexity index is 842. The van der Waals surface area contributed by atoms with Gasteiger partial charge in [0.25, 0.3) is 0 Å². The summed E-state index contributed by atoms with van der Waals surface area (Å²) in [5.74, 6) is 0.378. The fraction of sp³-hybridized carbons (Fsp3) is 0.526. The van der Waals surface area contributed by atoms with E-state index in [4.69, 9.17) is 0 Å². The Balaban J connectivity index is 1.47. The average molecular weight is 418 g/mol. The molecule has 0 saturated carbocycles. The molecule has 3 rings (SSSR count). The van der Waals surface area contributed by atoms with Gasteiger partial charge in [0.05, 0.1) is 5.69 Å². The molecule has 1 atom stereocenters. The van der Waals surface area contributed by atoms with E-state index in [1.54, 1.807) is 30.3 Å². The van der Waals surface area contributed by atoms with Crippen LogP contribution in [0.2, 0.25) is 0 Å². The molecule has 0 spiro atoms. The molecule has 2 aromatic heterocycles. The summed E-state index contributed by atoms with van der Waals surface area (Å²) in [6, 6.07) is 0.853. The van der Waals surface area contributed by atoms with E-state index in [9.17, 15) is 9.59 Å².